The summed E-state index contributed by atoms with van der Waals surface area (Å²) in [6.07, 6.45) is 5.34. The van der Waals surface area contributed by atoms with Crippen LogP contribution >= 0.6 is 11.3 Å². The zero-order chi connectivity index (χ0) is 20.3. The summed E-state index contributed by atoms with van der Waals surface area (Å²) in [7, 11) is 0. The Morgan fingerprint density at radius 2 is 2.03 bits per heavy atom. The van der Waals surface area contributed by atoms with Crippen molar-refractivity contribution in [3.05, 3.63) is 53.5 Å². The number of thiazole rings is 1. The van der Waals surface area contributed by atoms with Crippen LogP contribution in [0.2, 0.25) is 0 Å². The lowest BCUT2D eigenvalue weighted by Gasteiger charge is -2.35. The Morgan fingerprint density at radius 1 is 1.13 bits per heavy atom. The summed E-state index contributed by atoms with van der Waals surface area (Å²) in [6, 6.07) is 14.5. The van der Waals surface area contributed by atoms with Gasteiger partial charge in [0.25, 0.3) is 0 Å². The van der Waals surface area contributed by atoms with Crippen LogP contribution in [0.25, 0.3) is 10.2 Å². The Hall–Kier alpha value is -2.15. The van der Waals surface area contributed by atoms with Crippen LogP contribution in [0.15, 0.2) is 48.0 Å². The summed E-state index contributed by atoms with van der Waals surface area (Å²) in [5.41, 5.74) is 4.97. The highest BCUT2D eigenvalue weighted by molar-refractivity contribution is 7.16. The number of nitrogens with zero attached hydrogens (tertiary/aromatic N) is 1. The summed E-state index contributed by atoms with van der Waals surface area (Å²) < 4.78 is 13.2. The van der Waals surface area contributed by atoms with Crippen LogP contribution in [-0.4, -0.2) is 35.5 Å². The quantitative estimate of drug-likeness (QED) is 0.572. The molecule has 5 nitrogen and oxygen atoms in total. The first-order valence-electron chi connectivity index (χ1n) is 10.9. The number of nitrogens with one attached hydrogen (secondary N) is 1. The van der Waals surface area contributed by atoms with Gasteiger partial charge in [-0.15, -0.1) is 11.3 Å². The molecule has 0 amide bonds. The minimum absolute atomic E-state index is 0.0355. The zero-order valence-corrected chi connectivity index (χ0v) is 17.8. The van der Waals surface area contributed by atoms with Crippen LogP contribution in [-0.2, 0) is 4.74 Å². The van der Waals surface area contributed by atoms with Crippen molar-refractivity contribution in [2.75, 3.05) is 18.5 Å². The van der Waals surface area contributed by atoms with Gasteiger partial charge < -0.3 is 19.9 Å². The number of anilines is 1. The van der Waals surface area contributed by atoms with E-state index in [0.29, 0.717) is 25.7 Å². The molecule has 0 radical (unpaired) electrons. The molecule has 2 fully saturated rings. The largest absolute Gasteiger partial charge is 0.490 e. The van der Waals surface area contributed by atoms with E-state index in [1.807, 2.05) is 17.6 Å². The molecule has 1 aromatic heterocycles. The third-order valence-electron chi connectivity index (χ3n) is 6.27. The fourth-order valence-electron chi connectivity index (χ4n) is 4.61. The van der Waals surface area contributed by atoms with Crippen molar-refractivity contribution in [3.8, 4) is 5.75 Å². The van der Waals surface area contributed by atoms with Crippen LogP contribution in [0, 0.1) is 5.92 Å². The number of aromatic nitrogens is 1. The minimum atomic E-state index is -0.404. The Kier molecular flexibility index (Phi) is 5.88. The zero-order valence-electron chi connectivity index (χ0n) is 17.0. The van der Waals surface area contributed by atoms with E-state index in [4.69, 9.17) is 9.47 Å². The van der Waals surface area contributed by atoms with Gasteiger partial charge in [0, 0.05) is 18.2 Å². The molecule has 6 heteroatoms. The Bertz CT molecular complexity index is 985. The van der Waals surface area contributed by atoms with Gasteiger partial charge in [0.2, 0.25) is 0 Å². The topological polar surface area (TPSA) is 63.6 Å². The number of hydrogen-bond acceptors (Lipinski definition) is 6. The molecule has 2 aliphatic rings. The van der Waals surface area contributed by atoms with Gasteiger partial charge >= 0.3 is 0 Å². The number of aliphatic hydroxyl groups is 1. The van der Waals surface area contributed by atoms with Crippen molar-refractivity contribution in [2.45, 2.75) is 50.4 Å². The van der Waals surface area contributed by atoms with E-state index >= 15 is 0 Å². The maximum absolute atomic E-state index is 10.8. The van der Waals surface area contributed by atoms with Crippen molar-refractivity contribution >= 4 is 27.2 Å². The number of ether oxygens (including phenoxy) is 2. The second-order valence-electron chi connectivity index (χ2n) is 8.35. The molecular weight excluding hydrogens is 396 g/mol. The molecule has 0 spiro atoms. The maximum Gasteiger partial charge on any atom is 0.120 e. The van der Waals surface area contributed by atoms with E-state index in [1.54, 1.807) is 11.3 Å². The number of aliphatic hydroxyl groups excluding tert-OH is 1. The van der Waals surface area contributed by atoms with Crippen molar-refractivity contribution < 1.29 is 14.6 Å². The van der Waals surface area contributed by atoms with Crippen LogP contribution in [0.3, 0.4) is 0 Å². The fourth-order valence-corrected chi connectivity index (χ4v) is 5.27. The Morgan fingerprint density at radius 3 is 2.90 bits per heavy atom. The molecule has 0 unspecified atom stereocenters. The molecular formula is C24H28N2O3S. The molecule has 2 N–H and O–H groups in total. The summed E-state index contributed by atoms with van der Waals surface area (Å²) >= 11 is 1.64. The first-order valence-corrected chi connectivity index (χ1v) is 11.8. The van der Waals surface area contributed by atoms with E-state index in [9.17, 15) is 5.11 Å². The maximum atomic E-state index is 10.8. The van der Waals surface area contributed by atoms with Crippen LogP contribution in [0.1, 0.15) is 43.7 Å². The van der Waals surface area contributed by atoms with Gasteiger partial charge in [-0.05, 0) is 68.0 Å². The second-order valence-corrected chi connectivity index (χ2v) is 9.23. The van der Waals surface area contributed by atoms with E-state index in [-0.39, 0.29) is 12.0 Å². The molecule has 30 heavy (non-hydrogen) atoms. The highest BCUT2D eigenvalue weighted by atomic mass is 32.1. The molecule has 1 aliphatic carbocycles. The third-order valence-corrected chi connectivity index (χ3v) is 7.08. The SMILES string of the molecule is O[C@H]1CCOC[C@H]1[C@H](Nc1ccc2scnc2c1)c1cccc(OC2CCCC2)c1. The molecule has 0 bridgehead atoms. The van der Waals surface area contributed by atoms with Gasteiger partial charge in [-0.3, -0.25) is 0 Å². The molecule has 3 aromatic rings. The summed E-state index contributed by atoms with van der Waals surface area (Å²) in [6.45, 7) is 1.14. The normalized spacial score (nSPS) is 23.5. The summed E-state index contributed by atoms with van der Waals surface area (Å²) in [4.78, 5) is 4.44. The van der Waals surface area contributed by atoms with Crippen molar-refractivity contribution in [1.29, 1.82) is 0 Å². The third kappa shape index (κ3) is 4.31. The number of hydrogen-bond donors (Lipinski definition) is 2. The fraction of sp³-hybridized carbons (Fsp3) is 0.458. The van der Waals surface area contributed by atoms with E-state index in [0.717, 1.165) is 35.4 Å². The molecule has 5 rings (SSSR count). The molecule has 1 saturated heterocycles. The molecule has 1 saturated carbocycles. The predicted molar refractivity (Wildman–Crippen MR) is 120 cm³/mol. The average Bonchev–Trinajstić information content (AvgIpc) is 3.44. The van der Waals surface area contributed by atoms with Gasteiger partial charge in [-0.2, -0.15) is 0 Å². The standard InChI is InChI=1S/C24H28N2O3S/c27-22-10-11-28-14-20(22)24(26-17-8-9-23-21(13-17)25-15-30-23)16-4-3-7-19(12-16)29-18-5-1-2-6-18/h3-4,7-9,12-13,15,18,20,22,24,26-27H,1-2,5-6,10-11,14H2/t20-,22+,24-/m1/s1. The number of benzene rings is 2. The Balaban J connectivity index is 1.44. The highest BCUT2D eigenvalue weighted by Crippen LogP contribution is 2.35. The van der Waals surface area contributed by atoms with Crippen LogP contribution in [0.5, 0.6) is 5.75 Å². The first-order chi connectivity index (χ1) is 14.8. The van der Waals surface area contributed by atoms with Crippen LogP contribution < -0.4 is 10.1 Å². The molecule has 2 heterocycles. The monoisotopic (exact) mass is 424 g/mol. The molecule has 2 aromatic carbocycles. The molecule has 3 atom stereocenters. The summed E-state index contributed by atoms with van der Waals surface area (Å²) in [5, 5.41) is 14.4. The lowest BCUT2D eigenvalue weighted by molar-refractivity contribution is -0.0424. The van der Waals surface area contributed by atoms with Crippen LogP contribution in [0.4, 0.5) is 5.69 Å². The smallest absolute Gasteiger partial charge is 0.120 e. The van der Waals surface area contributed by atoms with Gasteiger partial charge in [0.05, 0.1) is 40.6 Å². The van der Waals surface area contributed by atoms with Crippen molar-refractivity contribution in [1.82, 2.24) is 4.98 Å². The first kappa shape index (κ1) is 19.8. The Labute approximate surface area is 181 Å². The van der Waals surface area contributed by atoms with Gasteiger partial charge in [-0.1, -0.05) is 12.1 Å². The lowest BCUT2D eigenvalue weighted by atomic mass is 9.86. The number of rotatable bonds is 6. The predicted octanol–water partition coefficient (Wildman–Crippen LogP) is 5.17. The highest BCUT2D eigenvalue weighted by Gasteiger charge is 2.33. The van der Waals surface area contributed by atoms with Crippen molar-refractivity contribution in [2.24, 2.45) is 5.92 Å². The number of fused-ring (bicyclic) bond motifs is 1. The lowest BCUT2D eigenvalue weighted by Crippen LogP contribution is -2.38. The minimum Gasteiger partial charge on any atom is -0.490 e. The van der Waals surface area contributed by atoms with Gasteiger partial charge in [0.1, 0.15) is 5.75 Å². The van der Waals surface area contributed by atoms with E-state index in [1.165, 1.54) is 17.5 Å². The van der Waals surface area contributed by atoms with Gasteiger partial charge in [0.15, 0.2) is 0 Å². The average molecular weight is 425 g/mol. The van der Waals surface area contributed by atoms with Crippen molar-refractivity contribution in [3.63, 3.8) is 0 Å². The molecule has 1 aliphatic heterocycles. The summed E-state index contributed by atoms with van der Waals surface area (Å²) in [5.74, 6) is 0.874. The van der Waals surface area contributed by atoms with Gasteiger partial charge in [-0.25, -0.2) is 4.98 Å². The van der Waals surface area contributed by atoms with E-state index in [2.05, 4.69) is 40.6 Å². The molecule has 158 valence electrons. The van der Waals surface area contributed by atoms with E-state index < -0.39 is 6.10 Å². The second kappa shape index (κ2) is 8.92.